The molecule has 1 aliphatic carbocycles. The topological polar surface area (TPSA) is 29.1 Å². The molecule has 0 radical (unpaired) electrons. The second kappa shape index (κ2) is 6.93. The smallest absolute Gasteiger partial charge is 0.252 e. The second-order valence-electron chi connectivity index (χ2n) is 5.67. The monoisotopic (exact) mass is 465 g/mol. The van der Waals surface area contributed by atoms with Crippen molar-refractivity contribution in [3.05, 3.63) is 32.7 Å². The molecule has 1 N–H and O–H groups in total. The lowest BCUT2D eigenvalue weighted by Gasteiger charge is -2.39. The summed E-state index contributed by atoms with van der Waals surface area (Å²) < 4.78 is 1.74. The van der Waals surface area contributed by atoms with E-state index in [1.165, 1.54) is 12.8 Å². The van der Waals surface area contributed by atoms with Gasteiger partial charge in [-0.25, -0.2) is 0 Å². The molecule has 0 saturated heterocycles. The van der Waals surface area contributed by atoms with Gasteiger partial charge in [-0.15, -0.1) is 0 Å². The minimum Gasteiger partial charge on any atom is -0.346 e. The fourth-order valence-electron chi connectivity index (χ4n) is 2.59. The van der Waals surface area contributed by atoms with E-state index >= 15 is 0 Å². The van der Waals surface area contributed by atoms with Crippen LogP contribution in [0.3, 0.4) is 0 Å². The van der Waals surface area contributed by atoms with Gasteiger partial charge in [0.15, 0.2) is 0 Å². The van der Waals surface area contributed by atoms with Crippen LogP contribution in [-0.2, 0) is 0 Å². The van der Waals surface area contributed by atoms with Crippen LogP contribution in [0.25, 0.3) is 0 Å². The molecule has 2 rings (SSSR count). The maximum atomic E-state index is 12.5. The maximum absolute atomic E-state index is 12.5. The number of nitrogens with one attached hydrogen (secondary N) is 1. The molecule has 1 fully saturated rings. The summed E-state index contributed by atoms with van der Waals surface area (Å²) in [7, 11) is 0. The predicted molar refractivity (Wildman–Crippen MR) is 93.5 cm³/mol. The number of carbonyl (C=O) groups is 1. The van der Waals surface area contributed by atoms with Gasteiger partial charge in [0.25, 0.3) is 5.91 Å². The molecule has 0 aliphatic heterocycles. The Labute approximate surface area is 145 Å². The van der Waals surface area contributed by atoms with E-state index in [1.807, 2.05) is 18.2 Å². The molecule has 0 aromatic heterocycles. The van der Waals surface area contributed by atoms with Gasteiger partial charge in [-0.1, -0.05) is 38.8 Å². The average molecular weight is 468 g/mol. The second-order valence-corrected chi connectivity index (χ2v) is 8.01. The van der Waals surface area contributed by atoms with Crippen molar-refractivity contribution in [1.29, 1.82) is 0 Å². The van der Waals surface area contributed by atoms with Crippen LogP contribution in [0.15, 0.2) is 27.1 Å². The fourth-order valence-corrected chi connectivity index (χ4v) is 4.08. The van der Waals surface area contributed by atoms with Crippen molar-refractivity contribution in [1.82, 2.24) is 5.32 Å². The standard InChI is InChI=1S/C15H18Br3NO/c1-10-4-6-15(9-16,7-5-10)19-14(20)12-8-11(17)2-3-13(12)18/h2-3,8,10H,4-7,9H2,1H3,(H,19,20). The van der Waals surface area contributed by atoms with Crippen LogP contribution in [0.1, 0.15) is 43.0 Å². The van der Waals surface area contributed by atoms with Crippen LogP contribution < -0.4 is 5.32 Å². The van der Waals surface area contributed by atoms with E-state index in [4.69, 9.17) is 0 Å². The zero-order valence-electron chi connectivity index (χ0n) is 11.4. The molecular weight excluding hydrogens is 450 g/mol. The molecule has 1 amide bonds. The first kappa shape index (κ1) is 16.5. The summed E-state index contributed by atoms with van der Waals surface area (Å²) in [5.41, 5.74) is 0.573. The number of hydrogen-bond acceptors (Lipinski definition) is 1. The first-order chi connectivity index (χ1) is 9.46. The summed E-state index contributed by atoms with van der Waals surface area (Å²) in [6.45, 7) is 2.28. The van der Waals surface area contributed by atoms with E-state index in [2.05, 4.69) is 60.0 Å². The number of amides is 1. The predicted octanol–water partition coefficient (Wildman–Crippen LogP) is 5.29. The Morgan fingerprint density at radius 2 is 2.00 bits per heavy atom. The van der Waals surface area contributed by atoms with Gasteiger partial charge in [0.05, 0.1) is 11.1 Å². The van der Waals surface area contributed by atoms with Gasteiger partial charge in [0, 0.05) is 14.3 Å². The summed E-state index contributed by atoms with van der Waals surface area (Å²) in [5, 5.41) is 4.06. The molecule has 1 saturated carbocycles. The quantitative estimate of drug-likeness (QED) is 0.601. The first-order valence-corrected chi connectivity index (χ1v) is 9.50. The van der Waals surface area contributed by atoms with Crippen molar-refractivity contribution >= 4 is 53.7 Å². The summed E-state index contributed by atoms with van der Waals surface area (Å²) in [4.78, 5) is 12.5. The molecule has 20 heavy (non-hydrogen) atoms. The lowest BCUT2D eigenvalue weighted by molar-refractivity contribution is 0.0873. The molecule has 1 aromatic rings. The first-order valence-electron chi connectivity index (χ1n) is 6.79. The SMILES string of the molecule is CC1CCC(CBr)(NC(=O)c2cc(Br)ccc2Br)CC1. The van der Waals surface area contributed by atoms with Gasteiger partial charge < -0.3 is 5.32 Å². The Bertz CT molecular complexity index is 496. The lowest BCUT2D eigenvalue weighted by Crippen LogP contribution is -2.52. The van der Waals surface area contributed by atoms with Gasteiger partial charge in [-0.2, -0.15) is 0 Å². The zero-order chi connectivity index (χ0) is 14.8. The lowest BCUT2D eigenvalue weighted by atomic mass is 9.78. The summed E-state index contributed by atoms with van der Waals surface area (Å²) in [5.74, 6) is 0.754. The van der Waals surface area contributed by atoms with Crippen molar-refractivity contribution in [2.45, 2.75) is 38.1 Å². The Morgan fingerprint density at radius 3 is 2.60 bits per heavy atom. The molecular formula is C15H18Br3NO. The number of rotatable bonds is 3. The summed E-state index contributed by atoms with van der Waals surface area (Å²) in [6, 6.07) is 5.67. The van der Waals surface area contributed by atoms with E-state index in [0.29, 0.717) is 5.56 Å². The molecule has 0 unspecified atom stereocenters. The van der Waals surface area contributed by atoms with Crippen LogP contribution in [0.4, 0.5) is 0 Å². The Morgan fingerprint density at radius 1 is 1.35 bits per heavy atom. The Balaban J connectivity index is 2.15. The highest BCUT2D eigenvalue weighted by molar-refractivity contribution is 9.11. The third-order valence-corrected chi connectivity index (χ3v) is 6.30. The van der Waals surface area contributed by atoms with Crippen molar-refractivity contribution in [3.8, 4) is 0 Å². The van der Waals surface area contributed by atoms with Crippen molar-refractivity contribution in [2.24, 2.45) is 5.92 Å². The highest BCUT2D eigenvalue weighted by atomic mass is 79.9. The minimum absolute atomic E-state index is 0.00724. The van der Waals surface area contributed by atoms with Crippen molar-refractivity contribution < 1.29 is 4.79 Å². The maximum Gasteiger partial charge on any atom is 0.252 e. The molecule has 2 nitrogen and oxygen atoms in total. The van der Waals surface area contributed by atoms with Crippen LogP contribution in [-0.4, -0.2) is 16.8 Å². The Kier molecular flexibility index (Phi) is 5.71. The van der Waals surface area contributed by atoms with Gasteiger partial charge in [-0.05, 0) is 65.7 Å². The average Bonchev–Trinajstić information content (AvgIpc) is 2.44. The normalized spacial score (nSPS) is 26.3. The Hall–Kier alpha value is 0.130. The molecule has 5 heteroatoms. The summed E-state index contributed by atoms with van der Waals surface area (Å²) >= 11 is 10.5. The third kappa shape index (κ3) is 3.86. The van der Waals surface area contributed by atoms with Crippen LogP contribution in [0, 0.1) is 5.92 Å². The van der Waals surface area contributed by atoms with Gasteiger partial charge in [-0.3, -0.25) is 4.79 Å². The van der Waals surface area contributed by atoms with Gasteiger partial charge in [0.2, 0.25) is 0 Å². The van der Waals surface area contributed by atoms with Crippen LogP contribution in [0.5, 0.6) is 0 Å². The zero-order valence-corrected chi connectivity index (χ0v) is 16.1. The highest BCUT2D eigenvalue weighted by Crippen LogP contribution is 2.34. The third-order valence-electron chi connectivity index (χ3n) is 4.04. The molecule has 0 heterocycles. The number of alkyl halides is 1. The van der Waals surface area contributed by atoms with E-state index in [-0.39, 0.29) is 11.4 Å². The van der Waals surface area contributed by atoms with Crippen LogP contribution >= 0.6 is 47.8 Å². The molecule has 1 aromatic carbocycles. The molecule has 1 aliphatic rings. The number of hydrogen-bond donors (Lipinski definition) is 1. The van der Waals surface area contributed by atoms with E-state index < -0.39 is 0 Å². The number of halogens is 3. The number of benzene rings is 1. The molecule has 110 valence electrons. The minimum atomic E-state index is -0.106. The van der Waals surface area contributed by atoms with E-state index in [0.717, 1.165) is 33.0 Å². The summed E-state index contributed by atoms with van der Waals surface area (Å²) in [6.07, 6.45) is 4.42. The highest BCUT2D eigenvalue weighted by Gasteiger charge is 2.35. The van der Waals surface area contributed by atoms with Gasteiger partial charge >= 0.3 is 0 Å². The van der Waals surface area contributed by atoms with Crippen LogP contribution in [0.2, 0.25) is 0 Å². The van der Waals surface area contributed by atoms with E-state index in [9.17, 15) is 4.79 Å². The molecule has 0 bridgehead atoms. The largest absolute Gasteiger partial charge is 0.346 e. The molecule has 0 spiro atoms. The fraction of sp³-hybridized carbons (Fsp3) is 0.533. The molecule has 0 atom stereocenters. The van der Waals surface area contributed by atoms with E-state index in [1.54, 1.807) is 0 Å². The van der Waals surface area contributed by atoms with Crippen molar-refractivity contribution in [2.75, 3.05) is 5.33 Å². The van der Waals surface area contributed by atoms with Crippen molar-refractivity contribution in [3.63, 3.8) is 0 Å². The van der Waals surface area contributed by atoms with Gasteiger partial charge in [0.1, 0.15) is 0 Å². The number of carbonyl (C=O) groups excluding carboxylic acids is 1.